The molecular weight excluding hydrogens is 217 g/mol. The third-order valence-corrected chi connectivity index (χ3v) is 3.12. The standard InChI is InChI=1S/C13H10FN3/c14-10-5-1-2-6-13(10)17-12-7-3-4-9(12)11(8-15)16-17/h1-2,5-6H,3-4,7H2. The molecule has 0 saturated carbocycles. The zero-order valence-corrected chi connectivity index (χ0v) is 9.15. The minimum atomic E-state index is -0.311. The largest absolute Gasteiger partial charge is 0.233 e. The Labute approximate surface area is 98.1 Å². The number of para-hydroxylation sites is 1. The van der Waals surface area contributed by atoms with Gasteiger partial charge in [-0.3, -0.25) is 0 Å². The Morgan fingerprint density at radius 2 is 2.12 bits per heavy atom. The maximum Gasteiger partial charge on any atom is 0.166 e. The van der Waals surface area contributed by atoms with E-state index in [-0.39, 0.29) is 5.82 Å². The molecule has 17 heavy (non-hydrogen) atoms. The summed E-state index contributed by atoms with van der Waals surface area (Å²) in [7, 11) is 0. The first kappa shape index (κ1) is 10.0. The SMILES string of the molecule is N#Cc1nn(-c2ccccc2F)c2c1CCC2. The molecule has 0 bridgehead atoms. The molecule has 4 heteroatoms. The summed E-state index contributed by atoms with van der Waals surface area (Å²) < 4.78 is 15.3. The van der Waals surface area contributed by atoms with Crippen LogP contribution in [0.4, 0.5) is 4.39 Å². The molecule has 0 saturated heterocycles. The van der Waals surface area contributed by atoms with E-state index < -0.39 is 0 Å². The van der Waals surface area contributed by atoms with Gasteiger partial charge in [0.1, 0.15) is 17.6 Å². The van der Waals surface area contributed by atoms with Crippen molar-refractivity contribution in [3.63, 3.8) is 0 Å². The fourth-order valence-corrected chi connectivity index (χ4v) is 2.35. The monoisotopic (exact) mass is 227 g/mol. The van der Waals surface area contributed by atoms with Crippen molar-refractivity contribution in [1.29, 1.82) is 5.26 Å². The number of nitriles is 1. The molecule has 84 valence electrons. The lowest BCUT2D eigenvalue weighted by molar-refractivity contribution is 0.606. The second kappa shape index (κ2) is 3.70. The number of hydrogen-bond donors (Lipinski definition) is 0. The van der Waals surface area contributed by atoms with E-state index in [1.54, 1.807) is 22.9 Å². The maximum atomic E-state index is 13.7. The second-order valence-electron chi connectivity index (χ2n) is 4.10. The Kier molecular flexibility index (Phi) is 2.19. The zero-order valence-electron chi connectivity index (χ0n) is 9.15. The molecule has 0 N–H and O–H groups in total. The highest BCUT2D eigenvalue weighted by Crippen LogP contribution is 2.27. The zero-order chi connectivity index (χ0) is 11.8. The fourth-order valence-electron chi connectivity index (χ4n) is 2.35. The Morgan fingerprint density at radius 3 is 2.88 bits per heavy atom. The molecule has 3 rings (SSSR count). The van der Waals surface area contributed by atoms with Crippen molar-refractivity contribution in [3.05, 3.63) is 47.0 Å². The normalized spacial score (nSPS) is 13.4. The number of fused-ring (bicyclic) bond motifs is 1. The summed E-state index contributed by atoms with van der Waals surface area (Å²) in [4.78, 5) is 0. The maximum absolute atomic E-state index is 13.7. The van der Waals surface area contributed by atoms with Crippen LogP contribution in [0.5, 0.6) is 0 Å². The minimum absolute atomic E-state index is 0.311. The van der Waals surface area contributed by atoms with Gasteiger partial charge in [0.25, 0.3) is 0 Å². The lowest BCUT2D eigenvalue weighted by Gasteiger charge is -2.05. The Balaban J connectivity index is 2.24. The van der Waals surface area contributed by atoms with Crippen LogP contribution in [0.25, 0.3) is 5.69 Å². The summed E-state index contributed by atoms with van der Waals surface area (Å²) >= 11 is 0. The van der Waals surface area contributed by atoms with Gasteiger partial charge in [0, 0.05) is 11.3 Å². The number of hydrogen-bond acceptors (Lipinski definition) is 2. The van der Waals surface area contributed by atoms with Crippen LogP contribution in [0, 0.1) is 17.1 Å². The van der Waals surface area contributed by atoms with Crippen molar-refractivity contribution in [2.45, 2.75) is 19.3 Å². The predicted octanol–water partition coefficient (Wildman–Crippen LogP) is 2.37. The summed E-state index contributed by atoms with van der Waals surface area (Å²) in [5, 5.41) is 13.2. The molecule has 0 aliphatic heterocycles. The third-order valence-electron chi connectivity index (χ3n) is 3.12. The summed E-state index contributed by atoms with van der Waals surface area (Å²) in [6.45, 7) is 0. The van der Waals surface area contributed by atoms with Crippen molar-refractivity contribution < 1.29 is 4.39 Å². The highest BCUT2D eigenvalue weighted by Gasteiger charge is 2.23. The van der Waals surface area contributed by atoms with Gasteiger partial charge in [-0.05, 0) is 31.4 Å². The Morgan fingerprint density at radius 1 is 1.29 bits per heavy atom. The van der Waals surface area contributed by atoms with E-state index >= 15 is 0 Å². The summed E-state index contributed by atoms with van der Waals surface area (Å²) in [6.07, 6.45) is 2.74. The average molecular weight is 227 g/mol. The predicted molar refractivity (Wildman–Crippen MR) is 60.3 cm³/mol. The van der Waals surface area contributed by atoms with Gasteiger partial charge in [-0.25, -0.2) is 9.07 Å². The van der Waals surface area contributed by atoms with Crippen LogP contribution in [0.3, 0.4) is 0 Å². The van der Waals surface area contributed by atoms with Gasteiger partial charge in [-0.15, -0.1) is 0 Å². The number of halogens is 1. The molecule has 1 aliphatic carbocycles. The molecule has 1 aliphatic rings. The van der Waals surface area contributed by atoms with E-state index in [1.165, 1.54) is 6.07 Å². The molecule has 0 radical (unpaired) electrons. The smallest absolute Gasteiger partial charge is 0.166 e. The van der Waals surface area contributed by atoms with Crippen LogP contribution in [0.1, 0.15) is 23.4 Å². The lowest BCUT2D eigenvalue weighted by atomic mass is 10.2. The van der Waals surface area contributed by atoms with Crippen molar-refractivity contribution in [2.24, 2.45) is 0 Å². The van der Waals surface area contributed by atoms with Crippen LogP contribution in [-0.2, 0) is 12.8 Å². The number of aromatic nitrogens is 2. The molecule has 1 heterocycles. The van der Waals surface area contributed by atoms with Crippen LogP contribution >= 0.6 is 0 Å². The quantitative estimate of drug-likeness (QED) is 0.750. The highest BCUT2D eigenvalue weighted by molar-refractivity contribution is 5.44. The first-order valence-electron chi connectivity index (χ1n) is 5.57. The lowest BCUT2D eigenvalue weighted by Crippen LogP contribution is -2.03. The molecule has 0 unspecified atom stereocenters. The van der Waals surface area contributed by atoms with E-state index in [0.29, 0.717) is 11.4 Å². The van der Waals surface area contributed by atoms with Crippen molar-refractivity contribution >= 4 is 0 Å². The van der Waals surface area contributed by atoms with Gasteiger partial charge in [0.15, 0.2) is 5.69 Å². The third kappa shape index (κ3) is 1.43. The van der Waals surface area contributed by atoms with Gasteiger partial charge in [-0.1, -0.05) is 12.1 Å². The van der Waals surface area contributed by atoms with Crippen molar-refractivity contribution in [2.75, 3.05) is 0 Å². The summed E-state index contributed by atoms with van der Waals surface area (Å²) in [6, 6.07) is 8.59. The summed E-state index contributed by atoms with van der Waals surface area (Å²) in [5.41, 5.74) is 2.82. The van der Waals surface area contributed by atoms with Gasteiger partial charge < -0.3 is 0 Å². The van der Waals surface area contributed by atoms with Crippen LogP contribution < -0.4 is 0 Å². The van der Waals surface area contributed by atoms with E-state index in [0.717, 1.165) is 30.5 Å². The van der Waals surface area contributed by atoms with Gasteiger partial charge in [-0.2, -0.15) is 10.4 Å². The van der Waals surface area contributed by atoms with Crippen LogP contribution in [0.2, 0.25) is 0 Å². The van der Waals surface area contributed by atoms with Gasteiger partial charge in [0.05, 0.1) is 0 Å². The molecule has 0 atom stereocenters. The molecule has 0 amide bonds. The van der Waals surface area contributed by atoms with Crippen molar-refractivity contribution in [3.8, 4) is 11.8 Å². The van der Waals surface area contributed by atoms with Gasteiger partial charge in [0.2, 0.25) is 0 Å². The average Bonchev–Trinajstić information content (AvgIpc) is 2.91. The molecule has 0 spiro atoms. The van der Waals surface area contributed by atoms with Crippen molar-refractivity contribution in [1.82, 2.24) is 9.78 Å². The minimum Gasteiger partial charge on any atom is -0.233 e. The molecule has 2 aromatic rings. The molecule has 3 nitrogen and oxygen atoms in total. The number of benzene rings is 1. The topological polar surface area (TPSA) is 41.6 Å². The number of rotatable bonds is 1. The van der Waals surface area contributed by atoms with E-state index in [2.05, 4.69) is 11.2 Å². The molecule has 0 fully saturated rings. The van der Waals surface area contributed by atoms with Crippen LogP contribution in [0.15, 0.2) is 24.3 Å². The second-order valence-corrected chi connectivity index (χ2v) is 4.10. The Hall–Kier alpha value is -2.15. The first-order valence-corrected chi connectivity index (χ1v) is 5.57. The molecule has 1 aromatic carbocycles. The molecule has 1 aromatic heterocycles. The van der Waals surface area contributed by atoms with E-state index in [9.17, 15) is 4.39 Å². The fraction of sp³-hybridized carbons (Fsp3) is 0.231. The highest BCUT2D eigenvalue weighted by atomic mass is 19.1. The van der Waals surface area contributed by atoms with E-state index in [4.69, 9.17) is 5.26 Å². The van der Waals surface area contributed by atoms with Crippen LogP contribution in [-0.4, -0.2) is 9.78 Å². The Bertz CT molecular complexity index is 622. The summed E-state index contributed by atoms with van der Waals surface area (Å²) in [5.74, 6) is -0.311. The van der Waals surface area contributed by atoms with E-state index in [1.807, 2.05) is 0 Å². The number of nitrogens with zero attached hydrogens (tertiary/aromatic N) is 3. The van der Waals surface area contributed by atoms with Gasteiger partial charge >= 0.3 is 0 Å². The molecular formula is C13H10FN3. The first-order chi connectivity index (χ1) is 8.31.